The molecule has 1 heterocycles. The van der Waals surface area contributed by atoms with Gasteiger partial charge in [-0.2, -0.15) is 0 Å². The van der Waals surface area contributed by atoms with Gasteiger partial charge in [-0.3, -0.25) is 9.69 Å². The minimum atomic E-state index is -0.294. The Kier molecular flexibility index (Phi) is 7.35. The van der Waals surface area contributed by atoms with Gasteiger partial charge in [0.2, 0.25) is 5.91 Å². The lowest BCUT2D eigenvalue weighted by atomic mass is 10.1. The summed E-state index contributed by atoms with van der Waals surface area (Å²) < 4.78 is 4.99. The molecular weight excluding hydrogens is 365 g/mol. The highest BCUT2D eigenvalue weighted by Crippen LogP contribution is 2.26. The summed E-state index contributed by atoms with van der Waals surface area (Å²) in [5, 5.41) is 4.04. The summed E-state index contributed by atoms with van der Waals surface area (Å²) in [5.74, 6) is -0.0805. The molecule has 0 aromatic heterocycles. The van der Waals surface area contributed by atoms with Crippen molar-refractivity contribution in [3.8, 4) is 0 Å². The number of halogens is 2. The van der Waals surface area contributed by atoms with E-state index in [0.29, 0.717) is 42.8 Å². The Labute approximate surface area is 158 Å². The van der Waals surface area contributed by atoms with Crippen LogP contribution >= 0.6 is 23.2 Å². The fourth-order valence-electron chi connectivity index (χ4n) is 2.72. The van der Waals surface area contributed by atoms with Gasteiger partial charge in [-0.05, 0) is 31.5 Å². The number of nitrogens with one attached hydrogen (secondary N) is 1. The van der Waals surface area contributed by atoms with Crippen molar-refractivity contribution in [1.29, 1.82) is 0 Å². The second kappa shape index (κ2) is 9.27. The first kappa shape index (κ1) is 19.8. The first-order valence-corrected chi connectivity index (χ1v) is 9.04. The first-order valence-electron chi connectivity index (χ1n) is 8.29. The van der Waals surface area contributed by atoms with Gasteiger partial charge < -0.3 is 15.0 Å². The number of nitrogens with zero attached hydrogens (tertiary/aromatic N) is 2. The van der Waals surface area contributed by atoms with Crippen LogP contribution in [0.3, 0.4) is 0 Å². The molecule has 0 radical (unpaired) electrons. The fraction of sp³-hybridized carbons (Fsp3) is 0.529. The van der Waals surface area contributed by atoms with E-state index >= 15 is 0 Å². The van der Waals surface area contributed by atoms with Gasteiger partial charge in [0.1, 0.15) is 0 Å². The van der Waals surface area contributed by atoms with Gasteiger partial charge in [-0.15, -0.1) is 0 Å². The third-order valence-corrected chi connectivity index (χ3v) is 4.63. The third-order valence-electron chi connectivity index (χ3n) is 4.07. The number of hydrogen-bond acceptors (Lipinski definition) is 4. The maximum Gasteiger partial charge on any atom is 0.409 e. The molecule has 138 valence electrons. The van der Waals surface area contributed by atoms with Crippen molar-refractivity contribution >= 4 is 35.2 Å². The van der Waals surface area contributed by atoms with E-state index in [4.69, 9.17) is 27.9 Å². The van der Waals surface area contributed by atoms with Crippen molar-refractivity contribution in [2.75, 3.05) is 39.3 Å². The van der Waals surface area contributed by atoms with Gasteiger partial charge in [0, 0.05) is 36.2 Å². The second-order valence-electron chi connectivity index (χ2n) is 5.92. The zero-order valence-electron chi connectivity index (χ0n) is 14.4. The molecule has 1 aliphatic rings. The Morgan fingerprint density at radius 2 is 1.92 bits per heavy atom. The molecule has 1 saturated heterocycles. The molecule has 1 fully saturated rings. The van der Waals surface area contributed by atoms with Crippen LogP contribution in [0.2, 0.25) is 10.0 Å². The molecule has 25 heavy (non-hydrogen) atoms. The Bertz CT molecular complexity index is 619. The van der Waals surface area contributed by atoms with Gasteiger partial charge >= 0.3 is 6.09 Å². The lowest BCUT2D eigenvalue weighted by Gasteiger charge is -2.33. The largest absolute Gasteiger partial charge is 0.450 e. The molecule has 1 N–H and O–H groups in total. The number of benzene rings is 1. The summed E-state index contributed by atoms with van der Waals surface area (Å²) >= 11 is 12.1. The molecule has 2 rings (SSSR count). The number of hydrogen-bond donors (Lipinski definition) is 1. The molecule has 8 heteroatoms. The summed E-state index contributed by atoms with van der Waals surface area (Å²) in [6.45, 7) is 6.72. The van der Waals surface area contributed by atoms with Gasteiger partial charge in [-0.25, -0.2) is 4.79 Å². The number of carbonyl (C=O) groups excluding carboxylic acids is 2. The number of ether oxygens (including phenoxy) is 1. The SMILES string of the molecule is CCOC(=O)N1CCN(CC(=O)NC(C)c2ccc(Cl)cc2Cl)CC1. The molecular formula is C17H23Cl2N3O3. The Balaban J connectivity index is 1.80. The normalized spacial score (nSPS) is 16.4. The van der Waals surface area contributed by atoms with Crippen molar-refractivity contribution in [2.24, 2.45) is 0 Å². The lowest BCUT2D eigenvalue weighted by Crippen LogP contribution is -2.51. The molecule has 0 spiro atoms. The van der Waals surface area contributed by atoms with Crippen molar-refractivity contribution in [2.45, 2.75) is 19.9 Å². The Hall–Kier alpha value is -1.50. The van der Waals surface area contributed by atoms with Gasteiger partial charge in [0.15, 0.2) is 0 Å². The van der Waals surface area contributed by atoms with E-state index in [9.17, 15) is 9.59 Å². The van der Waals surface area contributed by atoms with Gasteiger partial charge in [-0.1, -0.05) is 29.3 Å². The Morgan fingerprint density at radius 1 is 1.24 bits per heavy atom. The lowest BCUT2D eigenvalue weighted by molar-refractivity contribution is -0.123. The number of carbonyl (C=O) groups is 2. The van der Waals surface area contributed by atoms with Gasteiger partial charge in [0.05, 0.1) is 19.2 Å². The maximum atomic E-state index is 12.3. The molecule has 0 saturated carbocycles. The zero-order chi connectivity index (χ0) is 18.4. The number of piperazine rings is 1. The molecule has 0 bridgehead atoms. The average molecular weight is 388 g/mol. The summed E-state index contributed by atoms with van der Waals surface area (Å²) in [5.41, 5.74) is 0.826. The van der Waals surface area contributed by atoms with Crippen LogP contribution in [0.5, 0.6) is 0 Å². The quantitative estimate of drug-likeness (QED) is 0.843. The topological polar surface area (TPSA) is 61.9 Å². The monoisotopic (exact) mass is 387 g/mol. The minimum Gasteiger partial charge on any atom is -0.450 e. The van der Waals surface area contributed by atoms with Crippen LogP contribution in [-0.4, -0.2) is 61.1 Å². The molecule has 1 unspecified atom stereocenters. The van der Waals surface area contributed by atoms with Crippen LogP contribution in [-0.2, 0) is 9.53 Å². The summed E-state index contributed by atoms with van der Waals surface area (Å²) in [6, 6.07) is 5.02. The van der Waals surface area contributed by atoms with Crippen molar-refractivity contribution in [3.63, 3.8) is 0 Å². The molecule has 1 atom stereocenters. The van der Waals surface area contributed by atoms with E-state index in [1.54, 1.807) is 24.0 Å². The minimum absolute atomic E-state index is 0.0805. The molecule has 0 aliphatic carbocycles. The van der Waals surface area contributed by atoms with Crippen LogP contribution in [0.4, 0.5) is 4.79 Å². The van der Waals surface area contributed by atoms with Crippen LogP contribution in [0.15, 0.2) is 18.2 Å². The summed E-state index contributed by atoms with van der Waals surface area (Å²) in [6.07, 6.45) is -0.294. The van der Waals surface area contributed by atoms with Crippen LogP contribution in [0, 0.1) is 0 Å². The standard InChI is InChI=1S/C17H23Cl2N3O3/c1-3-25-17(24)22-8-6-21(7-9-22)11-16(23)20-12(2)14-5-4-13(18)10-15(14)19/h4-5,10,12H,3,6-9,11H2,1-2H3,(H,20,23). The molecule has 2 amide bonds. The Morgan fingerprint density at radius 3 is 2.52 bits per heavy atom. The van der Waals surface area contributed by atoms with Crippen molar-refractivity contribution in [1.82, 2.24) is 15.1 Å². The maximum absolute atomic E-state index is 12.3. The van der Waals surface area contributed by atoms with Gasteiger partial charge in [0.25, 0.3) is 0 Å². The highest BCUT2D eigenvalue weighted by atomic mass is 35.5. The molecule has 6 nitrogen and oxygen atoms in total. The molecule has 1 aliphatic heterocycles. The van der Waals surface area contributed by atoms with E-state index in [-0.39, 0.29) is 24.6 Å². The predicted octanol–water partition coefficient (Wildman–Crippen LogP) is 2.94. The summed E-state index contributed by atoms with van der Waals surface area (Å²) in [4.78, 5) is 27.6. The highest BCUT2D eigenvalue weighted by Gasteiger charge is 2.23. The third kappa shape index (κ3) is 5.76. The van der Waals surface area contributed by atoms with Crippen LogP contribution < -0.4 is 5.32 Å². The van der Waals surface area contributed by atoms with Crippen molar-refractivity contribution in [3.05, 3.63) is 33.8 Å². The smallest absolute Gasteiger partial charge is 0.409 e. The molecule has 1 aromatic carbocycles. The van der Waals surface area contributed by atoms with Crippen LogP contribution in [0.1, 0.15) is 25.5 Å². The van der Waals surface area contributed by atoms with E-state index in [2.05, 4.69) is 5.32 Å². The van der Waals surface area contributed by atoms with E-state index in [1.165, 1.54) is 0 Å². The number of rotatable bonds is 5. The second-order valence-corrected chi connectivity index (χ2v) is 6.76. The fourth-order valence-corrected chi connectivity index (χ4v) is 3.30. The zero-order valence-corrected chi connectivity index (χ0v) is 15.9. The number of amides is 2. The average Bonchev–Trinajstić information content (AvgIpc) is 2.55. The predicted molar refractivity (Wildman–Crippen MR) is 98.1 cm³/mol. The van der Waals surface area contributed by atoms with Crippen molar-refractivity contribution < 1.29 is 14.3 Å². The molecule has 1 aromatic rings. The van der Waals surface area contributed by atoms with Crippen LogP contribution in [0.25, 0.3) is 0 Å². The van der Waals surface area contributed by atoms with E-state index in [0.717, 1.165) is 5.56 Å². The first-order chi connectivity index (χ1) is 11.9. The highest BCUT2D eigenvalue weighted by molar-refractivity contribution is 6.35. The van der Waals surface area contributed by atoms with E-state index in [1.807, 2.05) is 17.9 Å². The summed E-state index contributed by atoms with van der Waals surface area (Å²) in [7, 11) is 0. The van der Waals surface area contributed by atoms with E-state index < -0.39 is 0 Å².